The van der Waals surface area contributed by atoms with E-state index in [0.29, 0.717) is 35.4 Å². The first-order chi connectivity index (χ1) is 18.2. The van der Waals surface area contributed by atoms with Gasteiger partial charge in [0.15, 0.2) is 5.78 Å². The minimum absolute atomic E-state index is 0.0231. The van der Waals surface area contributed by atoms with Crippen molar-refractivity contribution < 1.29 is 24.2 Å². The molecule has 0 radical (unpaired) electrons. The Morgan fingerprint density at radius 1 is 1.10 bits per heavy atom. The molecule has 220 valence electrons. The summed E-state index contributed by atoms with van der Waals surface area (Å²) < 4.78 is 7.41. The lowest BCUT2D eigenvalue weighted by Crippen LogP contribution is -2.68. The van der Waals surface area contributed by atoms with Crippen molar-refractivity contribution in [1.82, 2.24) is 14.7 Å². The van der Waals surface area contributed by atoms with Gasteiger partial charge in [-0.3, -0.25) is 14.3 Å². The predicted molar refractivity (Wildman–Crippen MR) is 160 cm³/mol. The summed E-state index contributed by atoms with van der Waals surface area (Å²) in [6.07, 6.45) is 2.93. The van der Waals surface area contributed by atoms with Crippen molar-refractivity contribution in [3.8, 4) is 0 Å². The molecular formula is C30H50N3O5P. The molecule has 3 atom stereocenters. The van der Waals surface area contributed by atoms with Gasteiger partial charge in [0.25, 0.3) is 0 Å². The predicted octanol–water partition coefficient (Wildman–Crippen LogP) is 4.84. The van der Waals surface area contributed by atoms with Crippen molar-refractivity contribution >= 4 is 30.0 Å². The van der Waals surface area contributed by atoms with E-state index in [1.54, 1.807) is 22.6 Å². The molecule has 2 rings (SSSR count). The number of ketones is 1. The van der Waals surface area contributed by atoms with Crippen LogP contribution in [-0.2, 0) is 20.9 Å². The van der Waals surface area contributed by atoms with Crippen molar-refractivity contribution in [3.05, 3.63) is 30.1 Å². The fourth-order valence-corrected chi connectivity index (χ4v) is 12.5. The Morgan fingerprint density at radius 3 is 2.05 bits per heavy atom. The molecule has 1 aromatic rings. The second kappa shape index (κ2) is 13.9. The molecule has 1 aliphatic heterocycles. The zero-order valence-electron chi connectivity index (χ0n) is 25.4. The first-order valence-electron chi connectivity index (χ1n) is 14.3. The van der Waals surface area contributed by atoms with E-state index in [1.165, 1.54) is 6.08 Å². The average Bonchev–Trinajstić information content (AvgIpc) is 3.19. The first kappa shape index (κ1) is 33.0. The maximum Gasteiger partial charge on any atom is 0.355 e. The summed E-state index contributed by atoms with van der Waals surface area (Å²) in [5, 5.41) is 15.0. The summed E-state index contributed by atoms with van der Waals surface area (Å²) in [6, 6.07) is 1.11. The number of aryl methyl sites for hydroxylation is 2. The number of aliphatic hydroxyl groups is 1. The van der Waals surface area contributed by atoms with Gasteiger partial charge in [-0.2, -0.15) is 5.10 Å². The van der Waals surface area contributed by atoms with Crippen molar-refractivity contribution in [2.45, 2.75) is 87.4 Å². The quantitative estimate of drug-likeness (QED) is 0.108. The molecule has 2 heterocycles. The number of carbonyl (C=O) groups excluding carboxylic acids is 3. The highest BCUT2D eigenvalue weighted by atomic mass is 31.2. The van der Waals surface area contributed by atoms with Gasteiger partial charge >= 0.3 is 5.97 Å². The molecule has 1 amide bonds. The Labute approximate surface area is 235 Å². The topological polar surface area (TPSA) is 102 Å². The molecule has 1 N–H and O–H groups in total. The third kappa shape index (κ3) is 7.73. The summed E-state index contributed by atoms with van der Waals surface area (Å²) in [4.78, 5) is 42.7. The first-order valence-corrected chi connectivity index (χ1v) is 16.6. The number of aliphatic hydroxyl groups excluding tert-OH is 1. The lowest BCUT2D eigenvalue weighted by atomic mass is 9.80. The van der Waals surface area contributed by atoms with Crippen LogP contribution >= 0.6 is 6.89 Å². The van der Waals surface area contributed by atoms with Crippen LogP contribution < -0.4 is 0 Å². The second-order valence-electron chi connectivity index (χ2n) is 12.2. The molecule has 0 spiro atoms. The summed E-state index contributed by atoms with van der Waals surface area (Å²) in [7, 11) is 0. The molecule has 1 aromatic heterocycles. The molecule has 0 bridgehead atoms. The molecule has 0 unspecified atom stereocenters. The van der Waals surface area contributed by atoms with E-state index in [9.17, 15) is 19.5 Å². The monoisotopic (exact) mass is 563 g/mol. The highest BCUT2D eigenvalue weighted by Crippen LogP contribution is 2.56. The fraction of sp³-hybridized carbons (Fsp3) is 0.700. The highest BCUT2D eigenvalue weighted by molar-refractivity contribution is 7.77. The number of β-lactam (4-membered cyclic amide) rings is 1. The molecule has 1 fully saturated rings. The van der Waals surface area contributed by atoms with E-state index in [0.717, 1.165) is 24.2 Å². The van der Waals surface area contributed by atoms with Crippen LogP contribution in [0.15, 0.2) is 18.7 Å². The van der Waals surface area contributed by atoms with Gasteiger partial charge in [0.1, 0.15) is 17.7 Å². The smallest absolute Gasteiger partial charge is 0.355 e. The van der Waals surface area contributed by atoms with Gasteiger partial charge in [0.05, 0.1) is 18.1 Å². The summed E-state index contributed by atoms with van der Waals surface area (Å²) in [5.74, 6) is -0.924. The summed E-state index contributed by atoms with van der Waals surface area (Å²) in [6.45, 7) is 20.4. The minimum Gasteiger partial charge on any atom is -0.457 e. The van der Waals surface area contributed by atoms with Gasteiger partial charge in [-0.1, -0.05) is 61.1 Å². The number of esters is 1. The van der Waals surface area contributed by atoms with E-state index < -0.39 is 30.9 Å². The molecular weight excluding hydrogens is 513 g/mol. The number of ether oxygens (including phenoxy) is 1. The van der Waals surface area contributed by atoms with Crippen molar-refractivity contribution in [2.24, 2.45) is 23.7 Å². The van der Waals surface area contributed by atoms with E-state index in [1.807, 2.05) is 13.8 Å². The Hall–Kier alpha value is -2.18. The summed E-state index contributed by atoms with van der Waals surface area (Å²) >= 11 is 0. The van der Waals surface area contributed by atoms with Crippen LogP contribution in [0, 0.1) is 30.6 Å². The third-order valence-electron chi connectivity index (χ3n) is 7.09. The van der Waals surface area contributed by atoms with Crippen LogP contribution in [0.4, 0.5) is 0 Å². The van der Waals surface area contributed by atoms with Crippen LogP contribution in [0.3, 0.4) is 0 Å². The second-order valence-corrected chi connectivity index (χ2v) is 16.1. The SMILES string of the molecule is C=CCOC(=O)C(N1C(=O)[C@H]([C@@H](C)O)[C@H]1CC(=O)c1cc(C)n(CC)n1)=P(CC(C)C)(CC(C)C)CC(C)C. The Morgan fingerprint density at radius 2 is 1.64 bits per heavy atom. The fourth-order valence-electron chi connectivity index (χ4n) is 6.14. The van der Waals surface area contributed by atoms with E-state index in [2.05, 4.69) is 53.2 Å². The number of carbonyl (C=O) groups is 3. The van der Waals surface area contributed by atoms with Crippen molar-refractivity contribution in [3.63, 3.8) is 0 Å². The average molecular weight is 564 g/mol. The van der Waals surface area contributed by atoms with E-state index in [-0.39, 0.29) is 24.7 Å². The number of rotatable bonds is 15. The van der Waals surface area contributed by atoms with Crippen LogP contribution in [0.2, 0.25) is 0 Å². The number of nitrogens with zero attached hydrogens (tertiary/aromatic N) is 3. The van der Waals surface area contributed by atoms with Crippen molar-refractivity contribution in [1.29, 1.82) is 0 Å². The van der Waals surface area contributed by atoms with Gasteiger partial charge in [-0.15, -0.1) is 0 Å². The van der Waals surface area contributed by atoms with Crippen molar-refractivity contribution in [2.75, 3.05) is 25.1 Å². The minimum atomic E-state index is -2.25. The number of amides is 1. The number of aromatic nitrogens is 2. The standard InChI is InChI=1S/C30H50N3O5P/c1-11-13-38-30(37)29(39(16-19(3)4,17-20(5)6)18-21(7)8)33-25(27(23(10)34)28(33)36)15-26(35)24-14-22(9)32(12-2)31-24/h11,14,19-21,23,25,27,34H,1,12-13,15-18H2,2-10H3/t23-,25-,27-/m1/s1. The molecule has 1 saturated heterocycles. The van der Waals surface area contributed by atoms with Gasteiger partial charge < -0.3 is 14.7 Å². The lowest BCUT2D eigenvalue weighted by Gasteiger charge is -2.51. The lowest BCUT2D eigenvalue weighted by molar-refractivity contribution is -0.157. The van der Waals surface area contributed by atoms with Crippen LogP contribution in [-0.4, -0.2) is 80.1 Å². The maximum atomic E-state index is 13.9. The van der Waals surface area contributed by atoms with Gasteiger partial charge in [-0.25, -0.2) is 4.79 Å². The van der Waals surface area contributed by atoms with Crippen LogP contribution in [0.25, 0.3) is 0 Å². The molecule has 0 aliphatic carbocycles. The third-order valence-corrected chi connectivity index (χ3v) is 12.7. The number of likely N-dealkylation sites (tertiary alicyclic amines) is 1. The summed E-state index contributed by atoms with van der Waals surface area (Å²) in [5.41, 5.74) is 1.64. The van der Waals surface area contributed by atoms with Crippen LogP contribution in [0.1, 0.15) is 78.0 Å². The van der Waals surface area contributed by atoms with E-state index in [4.69, 9.17) is 4.74 Å². The van der Waals surface area contributed by atoms with E-state index >= 15 is 0 Å². The van der Waals surface area contributed by atoms with Crippen LogP contribution in [0.5, 0.6) is 0 Å². The molecule has 1 aliphatic rings. The highest BCUT2D eigenvalue weighted by Gasteiger charge is 2.55. The van der Waals surface area contributed by atoms with Gasteiger partial charge in [0, 0.05) is 18.7 Å². The number of Topliss-reactive ketones (excluding diaryl/α,β-unsaturated/α-hetero) is 1. The Balaban J connectivity index is 2.77. The zero-order valence-corrected chi connectivity index (χ0v) is 26.3. The largest absolute Gasteiger partial charge is 0.457 e. The zero-order chi connectivity index (χ0) is 29.7. The van der Waals surface area contributed by atoms with Gasteiger partial charge in [-0.05, 0) is 63.1 Å². The number of hydrogen-bond donors (Lipinski definition) is 1. The maximum absolute atomic E-state index is 13.9. The molecule has 9 heteroatoms. The Bertz CT molecular complexity index is 1070. The molecule has 39 heavy (non-hydrogen) atoms. The Kier molecular flexibility index (Phi) is 11.8. The molecule has 0 saturated carbocycles. The number of hydrogen-bond acceptors (Lipinski definition) is 6. The molecule has 0 aromatic carbocycles. The molecule has 8 nitrogen and oxygen atoms in total. The van der Waals surface area contributed by atoms with Gasteiger partial charge in [0.2, 0.25) is 5.91 Å². The normalized spacial score (nSPS) is 18.5.